The first-order chi connectivity index (χ1) is 13.6. The lowest BCUT2D eigenvalue weighted by Gasteiger charge is -2.31. The van der Waals surface area contributed by atoms with Crippen molar-refractivity contribution in [2.45, 2.75) is 32.7 Å². The van der Waals surface area contributed by atoms with E-state index in [0.717, 1.165) is 28.7 Å². The molecule has 144 valence electrons. The van der Waals surface area contributed by atoms with E-state index in [1.165, 1.54) is 0 Å². The lowest BCUT2D eigenvalue weighted by atomic mass is 9.93. The van der Waals surface area contributed by atoms with Gasteiger partial charge in [-0.25, -0.2) is 9.78 Å². The Hall–Kier alpha value is -3.28. The van der Waals surface area contributed by atoms with Gasteiger partial charge in [0.2, 0.25) is 5.95 Å². The third-order valence-electron chi connectivity index (χ3n) is 4.92. The Balaban J connectivity index is 1.98. The number of phenolic OH excluding ortho intramolecular Hbond substituents is 1. The largest absolute Gasteiger partial charge is 0.508 e. The molecule has 0 fully saturated rings. The van der Waals surface area contributed by atoms with E-state index >= 15 is 0 Å². The number of aromatic nitrogens is 2. The number of esters is 1. The summed E-state index contributed by atoms with van der Waals surface area (Å²) in [6.45, 7) is 4.19. The summed E-state index contributed by atoms with van der Waals surface area (Å²) in [6.07, 6.45) is 1.60. The molecule has 3 aromatic rings. The number of imidazole rings is 1. The van der Waals surface area contributed by atoms with Gasteiger partial charge in [0.15, 0.2) is 0 Å². The third kappa shape index (κ3) is 3.01. The highest BCUT2D eigenvalue weighted by atomic mass is 16.5. The number of anilines is 1. The Bertz CT molecular complexity index is 1050. The molecule has 2 N–H and O–H groups in total. The van der Waals surface area contributed by atoms with E-state index in [-0.39, 0.29) is 17.8 Å². The van der Waals surface area contributed by atoms with Crippen LogP contribution in [0.25, 0.3) is 11.0 Å². The van der Waals surface area contributed by atoms with Gasteiger partial charge in [-0.1, -0.05) is 37.6 Å². The first kappa shape index (κ1) is 18.1. The number of ether oxygens (including phenoxy) is 1. The molecule has 0 bridgehead atoms. The van der Waals surface area contributed by atoms with Gasteiger partial charge in [-0.05, 0) is 43.2 Å². The number of nitrogens with one attached hydrogen (secondary N) is 1. The van der Waals surface area contributed by atoms with Crippen LogP contribution in [0.3, 0.4) is 0 Å². The predicted octanol–water partition coefficient (Wildman–Crippen LogP) is 4.37. The van der Waals surface area contributed by atoms with E-state index in [1.54, 1.807) is 12.1 Å². The van der Waals surface area contributed by atoms with Crippen molar-refractivity contribution >= 4 is 23.0 Å². The molecule has 0 amide bonds. The van der Waals surface area contributed by atoms with Gasteiger partial charge in [-0.3, -0.25) is 4.57 Å². The summed E-state index contributed by atoms with van der Waals surface area (Å²) >= 11 is 0. The van der Waals surface area contributed by atoms with Crippen molar-refractivity contribution in [2.75, 3.05) is 11.9 Å². The molecule has 1 aromatic heterocycles. The van der Waals surface area contributed by atoms with E-state index in [0.29, 0.717) is 24.5 Å². The number of allylic oxidation sites excluding steroid dienone is 1. The molecular formula is C22H23N3O3. The van der Waals surface area contributed by atoms with Gasteiger partial charge in [0, 0.05) is 5.70 Å². The number of nitrogens with zero attached hydrogens (tertiary/aromatic N) is 2. The Morgan fingerprint density at radius 3 is 2.64 bits per heavy atom. The minimum Gasteiger partial charge on any atom is -0.508 e. The quantitative estimate of drug-likeness (QED) is 0.646. The zero-order valence-electron chi connectivity index (χ0n) is 16.0. The lowest BCUT2D eigenvalue weighted by molar-refractivity contribution is -0.139. The topological polar surface area (TPSA) is 76.4 Å². The summed E-state index contributed by atoms with van der Waals surface area (Å²) in [5.41, 5.74) is 4.10. The summed E-state index contributed by atoms with van der Waals surface area (Å²) in [4.78, 5) is 17.7. The predicted molar refractivity (Wildman–Crippen MR) is 108 cm³/mol. The molecule has 1 atom stereocenters. The third-order valence-corrected chi connectivity index (χ3v) is 4.92. The van der Waals surface area contributed by atoms with Crippen LogP contribution in [0.2, 0.25) is 0 Å². The normalized spacial score (nSPS) is 16.0. The van der Waals surface area contributed by atoms with Crippen LogP contribution in [0.5, 0.6) is 5.75 Å². The Kier molecular flexibility index (Phi) is 4.77. The fourth-order valence-corrected chi connectivity index (χ4v) is 3.75. The van der Waals surface area contributed by atoms with E-state index in [4.69, 9.17) is 9.72 Å². The van der Waals surface area contributed by atoms with Crippen LogP contribution in [0.4, 0.5) is 5.95 Å². The first-order valence-electron chi connectivity index (χ1n) is 9.57. The minimum absolute atomic E-state index is 0.184. The number of carbonyl (C=O) groups excluding carboxylic acids is 1. The Labute approximate surface area is 163 Å². The number of hydrogen-bond acceptors (Lipinski definition) is 5. The van der Waals surface area contributed by atoms with Gasteiger partial charge in [-0.15, -0.1) is 0 Å². The van der Waals surface area contributed by atoms with Crippen LogP contribution < -0.4 is 5.32 Å². The summed E-state index contributed by atoms with van der Waals surface area (Å²) in [6, 6.07) is 14.4. The zero-order chi connectivity index (χ0) is 19.7. The minimum atomic E-state index is -0.384. The maximum Gasteiger partial charge on any atom is 0.338 e. The average molecular weight is 377 g/mol. The average Bonchev–Trinajstić information content (AvgIpc) is 3.06. The first-order valence-corrected chi connectivity index (χ1v) is 9.57. The molecule has 0 saturated carbocycles. The summed E-state index contributed by atoms with van der Waals surface area (Å²) in [5.74, 6) is 0.555. The van der Waals surface area contributed by atoms with Crippen molar-refractivity contribution in [1.82, 2.24) is 9.55 Å². The van der Waals surface area contributed by atoms with Gasteiger partial charge in [0.25, 0.3) is 0 Å². The van der Waals surface area contributed by atoms with Crippen LogP contribution in [0.15, 0.2) is 59.8 Å². The monoisotopic (exact) mass is 377 g/mol. The number of hydrogen-bond donors (Lipinski definition) is 2. The molecular weight excluding hydrogens is 354 g/mol. The Morgan fingerprint density at radius 1 is 1.18 bits per heavy atom. The number of benzene rings is 2. The van der Waals surface area contributed by atoms with Crippen molar-refractivity contribution in [3.8, 4) is 5.75 Å². The number of aromatic hydroxyl groups is 1. The molecule has 2 aromatic carbocycles. The van der Waals surface area contributed by atoms with Crippen LogP contribution >= 0.6 is 0 Å². The van der Waals surface area contributed by atoms with Gasteiger partial charge in [0.05, 0.1) is 29.3 Å². The molecule has 0 unspecified atom stereocenters. The Morgan fingerprint density at radius 2 is 1.93 bits per heavy atom. The zero-order valence-corrected chi connectivity index (χ0v) is 16.0. The molecule has 4 rings (SSSR count). The second-order valence-corrected chi connectivity index (χ2v) is 6.78. The number of para-hydroxylation sites is 2. The molecule has 28 heavy (non-hydrogen) atoms. The second kappa shape index (κ2) is 7.38. The molecule has 2 heterocycles. The highest BCUT2D eigenvalue weighted by Gasteiger charge is 2.35. The fourth-order valence-electron chi connectivity index (χ4n) is 3.75. The van der Waals surface area contributed by atoms with Crippen molar-refractivity contribution < 1.29 is 14.6 Å². The van der Waals surface area contributed by atoms with E-state index in [9.17, 15) is 9.90 Å². The van der Waals surface area contributed by atoms with Crippen LogP contribution in [-0.4, -0.2) is 27.2 Å². The van der Waals surface area contributed by atoms with E-state index in [2.05, 4.69) is 12.2 Å². The standard InChI is InChI=1S/C22H23N3O3/c1-3-7-17-19(21(27)28-4-2)20(14-10-12-15(26)13-11-14)25-18-9-6-5-8-16(18)23-22(25)24-17/h5-6,8-13,20,26H,3-4,7H2,1-2H3,(H,23,24)/t20-/m0/s1. The maximum atomic E-state index is 13.0. The lowest BCUT2D eigenvalue weighted by Crippen LogP contribution is -2.29. The van der Waals surface area contributed by atoms with Gasteiger partial charge >= 0.3 is 5.97 Å². The molecule has 0 spiro atoms. The molecule has 1 aliphatic heterocycles. The van der Waals surface area contributed by atoms with Crippen molar-refractivity contribution in [3.05, 3.63) is 65.4 Å². The smallest absolute Gasteiger partial charge is 0.338 e. The molecule has 0 radical (unpaired) electrons. The number of carbonyl (C=O) groups is 1. The van der Waals surface area contributed by atoms with Gasteiger partial charge in [0.1, 0.15) is 5.75 Å². The summed E-state index contributed by atoms with van der Waals surface area (Å²) in [7, 11) is 0. The van der Waals surface area contributed by atoms with Crippen LogP contribution in [0.1, 0.15) is 38.3 Å². The van der Waals surface area contributed by atoms with Crippen molar-refractivity contribution in [2.24, 2.45) is 0 Å². The van der Waals surface area contributed by atoms with Gasteiger partial charge in [-0.2, -0.15) is 0 Å². The number of phenols is 1. The summed E-state index contributed by atoms with van der Waals surface area (Å²) in [5, 5.41) is 13.1. The molecule has 6 heteroatoms. The van der Waals surface area contributed by atoms with Crippen molar-refractivity contribution in [1.29, 1.82) is 0 Å². The molecule has 6 nitrogen and oxygen atoms in total. The highest BCUT2D eigenvalue weighted by Crippen LogP contribution is 2.40. The van der Waals surface area contributed by atoms with Crippen LogP contribution in [-0.2, 0) is 9.53 Å². The van der Waals surface area contributed by atoms with Crippen LogP contribution in [0, 0.1) is 0 Å². The fraction of sp³-hybridized carbons (Fsp3) is 0.273. The molecule has 0 aliphatic carbocycles. The van der Waals surface area contributed by atoms with Crippen molar-refractivity contribution in [3.63, 3.8) is 0 Å². The van der Waals surface area contributed by atoms with Gasteiger partial charge < -0.3 is 15.2 Å². The number of fused-ring (bicyclic) bond motifs is 3. The number of rotatable bonds is 5. The SMILES string of the molecule is CCCC1=C(C(=O)OCC)[C@H](c2ccc(O)cc2)n2c(nc3ccccc32)N1. The second-order valence-electron chi connectivity index (χ2n) is 6.78. The van der Waals surface area contributed by atoms with E-state index in [1.807, 2.05) is 47.9 Å². The van der Waals surface area contributed by atoms with E-state index < -0.39 is 0 Å². The molecule has 0 saturated heterocycles. The maximum absolute atomic E-state index is 13.0. The summed E-state index contributed by atoms with van der Waals surface area (Å²) < 4.78 is 7.45. The highest BCUT2D eigenvalue weighted by molar-refractivity contribution is 5.94. The molecule has 1 aliphatic rings.